The molecule has 0 bridgehead atoms. The van der Waals surface area contributed by atoms with Crippen LogP contribution < -0.4 is 15.5 Å². The van der Waals surface area contributed by atoms with Crippen LogP contribution in [-0.4, -0.2) is 37.1 Å². The maximum absolute atomic E-state index is 12.6. The number of nitrogens with one attached hydrogen (secondary N) is 2. The number of halogens is 3. The minimum atomic E-state index is -4.40. The summed E-state index contributed by atoms with van der Waals surface area (Å²) in [6, 6.07) is 8.65. The fourth-order valence-corrected chi connectivity index (χ4v) is 3.68. The van der Waals surface area contributed by atoms with Crippen LogP contribution in [-0.2, 0) is 12.7 Å². The SMILES string of the molecule is CN=C(NCc1nc(C(F)(F)F)cs1)NC1CCN(c2ccc(C)cc2)C1. The molecule has 0 radical (unpaired) electrons. The van der Waals surface area contributed by atoms with E-state index in [-0.39, 0.29) is 12.6 Å². The highest BCUT2D eigenvalue weighted by Crippen LogP contribution is 2.29. The molecule has 146 valence electrons. The number of aromatic nitrogens is 1. The van der Waals surface area contributed by atoms with Crippen LogP contribution in [0.4, 0.5) is 18.9 Å². The third-order valence-corrected chi connectivity index (χ3v) is 5.25. The molecule has 0 aliphatic carbocycles. The predicted molar refractivity (Wildman–Crippen MR) is 102 cm³/mol. The molecule has 1 saturated heterocycles. The van der Waals surface area contributed by atoms with Gasteiger partial charge < -0.3 is 15.5 Å². The van der Waals surface area contributed by atoms with Crippen LogP contribution in [0.2, 0.25) is 0 Å². The Morgan fingerprint density at radius 3 is 2.70 bits per heavy atom. The van der Waals surface area contributed by atoms with Crippen molar-refractivity contribution in [2.75, 3.05) is 25.0 Å². The zero-order chi connectivity index (χ0) is 19.4. The molecule has 1 aliphatic rings. The average molecular weight is 397 g/mol. The normalized spacial score (nSPS) is 18.0. The van der Waals surface area contributed by atoms with E-state index in [1.807, 2.05) is 0 Å². The lowest BCUT2D eigenvalue weighted by Crippen LogP contribution is -2.44. The second-order valence-electron chi connectivity index (χ2n) is 6.46. The summed E-state index contributed by atoms with van der Waals surface area (Å²) in [6.07, 6.45) is -3.44. The van der Waals surface area contributed by atoms with Gasteiger partial charge in [0.2, 0.25) is 0 Å². The summed E-state index contributed by atoms with van der Waals surface area (Å²) >= 11 is 0.986. The monoisotopic (exact) mass is 397 g/mol. The number of benzene rings is 1. The number of thiazole rings is 1. The van der Waals surface area contributed by atoms with Crippen molar-refractivity contribution in [3.63, 3.8) is 0 Å². The Balaban J connectivity index is 1.51. The van der Waals surface area contributed by atoms with Gasteiger partial charge in [-0.15, -0.1) is 11.3 Å². The number of nitrogens with zero attached hydrogens (tertiary/aromatic N) is 3. The lowest BCUT2D eigenvalue weighted by Gasteiger charge is -2.20. The van der Waals surface area contributed by atoms with Crippen LogP contribution in [0.5, 0.6) is 0 Å². The van der Waals surface area contributed by atoms with Crippen molar-refractivity contribution in [3.05, 3.63) is 45.9 Å². The summed E-state index contributed by atoms with van der Waals surface area (Å²) in [6.45, 7) is 4.06. The number of anilines is 1. The zero-order valence-electron chi connectivity index (χ0n) is 15.2. The molecule has 1 aliphatic heterocycles. The van der Waals surface area contributed by atoms with Crippen LogP contribution in [0, 0.1) is 6.92 Å². The highest BCUT2D eigenvalue weighted by atomic mass is 32.1. The molecule has 0 amide bonds. The van der Waals surface area contributed by atoms with Gasteiger partial charge in [0.25, 0.3) is 0 Å². The molecule has 1 fully saturated rings. The molecule has 2 aromatic rings. The van der Waals surface area contributed by atoms with Gasteiger partial charge in [-0.3, -0.25) is 4.99 Å². The third kappa shape index (κ3) is 5.12. The lowest BCUT2D eigenvalue weighted by atomic mass is 10.2. The zero-order valence-corrected chi connectivity index (χ0v) is 16.0. The van der Waals surface area contributed by atoms with Crippen molar-refractivity contribution in [1.29, 1.82) is 0 Å². The summed E-state index contributed by atoms with van der Waals surface area (Å²) in [7, 11) is 1.64. The van der Waals surface area contributed by atoms with Gasteiger partial charge in [0.15, 0.2) is 11.7 Å². The Morgan fingerprint density at radius 2 is 2.07 bits per heavy atom. The van der Waals surface area contributed by atoms with Crippen molar-refractivity contribution in [2.24, 2.45) is 4.99 Å². The summed E-state index contributed by atoms with van der Waals surface area (Å²) in [5.41, 5.74) is 1.57. The molecule has 1 unspecified atom stereocenters. The average Bonchev–Trinajstić information content (AvgIpc) is 3.28. The molecule has 3 rings (SSSR count). The van der Waals surface area contributed by atoms with E-state index < -0.39 is 11.9 Å². The first-order valence-corrected chi connectivity index (χ1v) is 9.53. The van der Waals surface area contributed by atoms with E-state index in [0.717, 1.165) is 36.2 Å². The molecule has 9 heteroatoms. The maximum Gasteiger partial charge on any atom is 0.434 e. The van der Waals surface area contributed by atoms with Gasteiger partial charge in [0, 0.05) is 37.2 Å². The predicted octanol–water partition coefficient (Wildman–Crippen LogP) is 3.41. The second-order valence-corrected chi connectivity index (χ2v) is 7.40. The van der Waals surface area contributed by atoms with E-state index in [1.54, 1.807) is 7.05 Å². The van der Waals surface area contributed by atoms with Crippen molar-refractivity contribution in [1.82, 2.24) is 15.6 Å². The molecule has 0 spiro atoms. The van der Waals surface area contributed by atoms with E-state index in [9.17, 15) is 13.2 Å². The van der Waals surface area contributed by atoms with Gasteiger partial charge in [0.05, 0.1) is 6.54 Å². The van der Waals surface area contributed by atoms with E-state index in [0.29, 0.717) is 11.0 Å². The van der Waals surface area contributed by atoms with Gasteiger partial charge in [-0.05, 0) is 25.5 Å². The number of guanidine groups is 1. The number of hydrogen-bond acceptors (Lipinski definition) is 4. The lowest BCUT2D eigenvalue weighted by molar-refractivity contribution is -0.140. The Bertz CT molecular complexity index is 785. The van der Waals surface area contributed by atoms with Gasteiger partial charge >= 0.3 is 6.18 Å². The minimum absolute atomic E-state index is 0.203. The van der Waals surface area contributed by atoms with Crippen molar-refractivity contribution >= 4 is 23.0 Å². The molecule has 1 aromatic heterocycles. The number of aryl methyl sites for hydroxylation is 1. The first kappa shape index (κ1) is 19.5. The largest absolute Gasteiger partial charge is 0.434 e. The first-order valence-electron chi connectivity index (χ1n) is 8.65. The quantitative estimate of drug-likeness (QED) is 0.613. The first-order chi connectivity index (χ1) is 12.8. The summed E-state index contributed by atoms with van der Waals surface area (Å²) in [5.74, 6) is 0.564. The smallest absolute Gasteiger partial charge is 0.369 e. The summed E-state index contributed by atoms with van der Waals surface area (Å²) in [4.78, 5) is 10.1. The number of hydrogen-bond donors (Lipinski definition) is 2. The molecular formula is C18H22F3N5S. The minimum Gasteiger partial charge on any atom is -0.369 e. The molecular weight excluding hydrogens is 375 g/mol. The van der Waals surface area contributed by atoms with Gasteiger partial charge in [-0.25, -0.2) is 4.98 Å². The van der Waals surface area contributed by atoms with E-state index in [4.69, 9.17) is 0 Å². The van der Waals surface area contributed by atoms with Crippen LogP contribution in [0.15, 0.2) is 34.6 Å². The number of aliphatic imine (C=N–C) groups is 1. The van der Waals surface area contributed by atoms with Crippen molar-refractivity contribution in [3.8, 4) is 0 Å². The molecule has 0 saturated carbocycles. The fourth-order valence-electron chi connectivity index (χ4n) is 2.94. The van der Waals surface area contributed by atoms with Gasteiger partial charge in [-0.1, -0.05) is 17.7 Å². The standard InChI is InChI=1S/C18H22F3N5S/c1-12-3-5-14(6-4-12)26-8-7-13(10-26)24-17(22-2)23-9-16-25-15(11-27-16)18(19,20)21/h3-6,11,13H,7-10H2,1-2H3,(H2,22,23,24). The molecule has 1 aromatic carbocycles. The maximum atomic E-state index is 12.6. The van der Waals surface area contributed by atoms with Crippen LogP contribution in [0.3, 0.4) is 0 Å². The molecule has 1 atom stereocenters. The highest BCUT2D eigenvalue weighted by Gasteiger charge is 2.33. The van der Waals surface area contributed by atoms with Crippen LogP contribution >= 0.6 is 11.3 Å². The van der Waals surface area contributed by atoms with Gasteiger partial charge in [-0.2, -0.15) is 13.2 Å². The fraction of sp³-hybridized carbons (Fsp3) is 0.444. The number of rotatable bonds is 4. The van der Waals surface area contributed by atoms with E-state index >= 15 is 0 Å². The summed E-state index contributed by atoms with van der Waals surface area (Å²) in [5, 5.41) is 7.78. The molecule has 27 heavy (non-hydrogen) atoms. The van der Waals surface area contributed by atoms with Gasteiger partial charge in [0.1, 0.15) is 5.01 Å². The molecule has 5 nitrogen and oxygen atoms in total. The topological polar surface area (TPSA) is 52.6 Å². The van der Waals surface area contributed by atoms with E-state index in [2.05, 4.69) is 56.7 Å². The number of alkyl halides is 3. The second kappa shape index (κ2) is 8.16. The van der Waals surface area contributed by atoms with Crippen molar-refractivity contribution in [2.45, 2.75) is 32.1 Å². The highest BCUT2D eigenvalue weighted by molar-refractivity contribution is 7.09. The Labute approximate surface area is 160 Å². The Morgan fingerprint density at radius 1 is 1.33 bits per heavy atom. The van der Waals surface area contributed by atoms with Crippen molar-refractivity contribution < 1.29 is 13.2 Å². The Hall–Kier alpha value is -2.29. The van der Waals surface area contributed by atoms with Crippen LogP contribution in [0.25, 0.3) is 0 Å². The van der Waals surface area contributed by atoms with Crippen LogP contribution in [0.1, 0.15) is 22.7 Å². The third-order valence-electron chi connectivity index (χ3n) is 4.40. The Kier molecular flexibility index (Phi) is 5.88. The van der Waals surface area contributed by atoms with E-state index in [1.165, 1.54) is 11.3 Å². The molecule has 2 heterocycles. The summed E-state index contributed by atoms with van der Waals surface area (Å²) < 4.78 is 37.9. The molecule has 2 N–H and O–H groups in total.